The number of guanidine groups is 1. The van der Waals surface area contributed by atoms with Gasteiger partial charge in [0, 0.05) is 12.1 Å². The van der Waals surface area contributed by atoms with Crippen LogP contribution in [0.1, 0.15) is 45.7 Å². The predicted octanol–water partition coefficient (Wildman–Crippen LogP) is 2.29. The first kappa shape index (κ1) is 14.5. The Bertz CT molecular complexity index is 346. The lowest BCUT2D eigenvalue weighted by atomic mass is 10.0. The number of rotatable bonds is 7. The lowest BCUT2D eigenvalue weighted by molar-refractivity contribution is 0.412. The second kappa shape index (κ2) is 7.74. The zero-order valence-corrected chi connectivity index (χ0v) is 11.5. The summed E-state index contributed by atoms with van der Waals surface area (Å²) in [6.45, 7) is 7.06. The van der Waals surface area contributed by atoms with Gasteiger partial charge < -0.3 is 15.6 Å². The second-order valence-corrected chi connectivity index (χ2v) is 5.06. The molecule has 0 saturated heterocycles. The molecule has 0 radical (unpaired) electrons. The fourth-order valence-electron chi connectivity index (χ4n) is 1.69. The smallest absolute Gasteiger partial charge is 0.189 e. The van der Waals surface area contributed by atoms with Crippen LogP contribution in [0.5, 0.6) is 0 Å². The van der Waals surface area contributed by atoms with Gasteiger partial charge in [0.2, 0.25) is 0 Å². The van der Waals surface area contributed by atoms with Gasteiger partial charge in [0.15, 0.2) is 5.96 Å². The van der Waals surface area contributed by atoms with Crippen LogP contribution in [-0.2, 0) is 6.54 Å². The molecule has 0 aromatic carbocycles. The van der Waals surface area contributed by atoms with Crippen molar-refractivity contribution < 1.29 is 4.52 Å². The summed E-state index contributed by atoms with van der Waals surface area (Å²) >= 11 is 0. The maximum absolute atomic E-state index is 5.80. The van der Waals surface area contributed by atoms with Crippen molar-refractivity contribution in [2.75, 3.05) is 0 Å². The number of aliphatic imine (C=N–C) groups is 1. The van der Waals surface area contributed by atoms with Crippen molar-refractivity contribution in [3.63, 3.8) is 0 Å². The molecule has 1 atom stereocenters. The molecule has 1 aromatic heterocycles. The molecule has 0 aliphatic heterocycles. The van der Waals surface area contributed by atoms with Crippen LogP contribution >= 0.6 is 0 Å². The monoisotopic (exact) mass is 252 g/mol. The molecule has 0 spiro atoms. The highest BCUT2D eigenvalue weighted by atomic mass is 16.5. The zero-order chi connectivity index (χ0) is 13.4. The first-order valence-electron chi connectivity index (χ1n) is 6.53. The van der Waals surface area contributed by atoms with Gasteiger partial charge in [-0.3, -0.25) is 0 Å². The molecule has 5 heteroatoms. The maximum Gasteiger partial charge on any atom is 0.189 e. The zero-order valence-electron chi connectivity index (χ0n) is 11.5. The minimum Gasteiger partial charge on any atom is -0.370 e. The average molecular weight is 252 g/mol. The van der Waals surface area contributed by atoms with Gasteiger partial charge in [-0.05, 0) is 19.3 Å². The summed E-state index contributed by atoms with van der Waals surface area (Å²) in [6, 6.07) is 2.13. The molecular weight excluding hydrogens is 228 g/mol. The molecule has 0 aliphatic carbocycles. The van der Waals surface area contributed by atoms with Gasteiger partial charge in [-0.15, -0.1) is 0 Å². The normalized spacial score (nSPS) is 13.9. The van der Waals surface area contributed by atoms with Crippen molar-refractivity contribution in [3.05, 3.63) is 18.0 Å². The van der Waals surface area contributed by atoms with E-state index in [2.05, 4.69) is 36.2 Å². The highest BCUT2D eigenvalue weighted by molar-refractivity contribution is 5.78. The molecule has 0 aliphatic rings. The number of hydrogen-bond acceptors (Lipinski definition) is 3. The van der Waals surface area contributed by atoms with Gasteiger partial charge in [0.05, 0.1) is 6.54 Å². The Morgan fingerprint density at radius 2 is 2.22 bits per heavy atom. The number of aromatic nitrogens is 1. The molecule has 18 heavy (non-hydrogen) atoms. The Hall–Kier alpha value is -1.52. The quantitative estimate of drug-likeness (QED) is 0.576. The molecule has 1 unspecified atom stereocenters. The third-order valence-corrected chi connectivity index (χ3v) is 2.72. The number of hydrogen-bond donors (Lipinski definition) is 2. The van der Waals surface area contributed by atoms with E-state index < -0.39 is 0 Å². The van der Waals surface area contributed by atoms with Crippen molar-refractivity contribution >= 4 is 5.96 Å². The number of nitrogens with one attached hydrogen (secondary N) is 1. The van der Waals surface area contributed by atoms with Crippen LogP contribution in [0.3, 0.4) is 0 Å². The largest absolute Gasteiger partial charge is 0.370 e. The highest BCUT2D eigenvalue weighted by Gasteiger charge is 2.04. The number of nitrogens with two attached hydrogens (primary N) is 1. The van der Waals surface area contributed by atoms with Crippen LogP contribution in [0.4, 0.5) is 0 Å². The summed E-state index contributed by atoms with van der Waals surface area (Å²) in [5.41, 5.74) is 6.59. The Morgan fingerprint density at radius 1 is 1.44 bits per heavy atom. The molecule has 0 fully saturated rings. The van der Waals surface area contributed by atoms with Crippen molar-refractivity contribution in [2.24, 2.45) is 16.6 Å². The van der Waals surface area contributed by atoms with Crippen LogP contribution in [0, 0.1) is 5.92 Å². The average Bonchev–Trinajstić information content (AvgIpc) is 2.78. The summed E-state index contributed by atoms with van der Waals surface area (Å²) in [4.78, 5) is 4.21. The summed E-state index contributed by atoms with van der Waals surface area (Å²) < 4.78 is 4.72. The lowest BCUT2D eigenvalue weighted by Gasteiger charge is -2.14. The minimum atomic E-state index is 0.352. The van der Waals surface area contributed by atoms with Crippen molar-refractivity contribution in [1.29, 1.82) is 0 Å². The van der Waals surface area contributed by atoms with E-state index in [-0.39, 0.29) is 0 Å². The topological polar surface area (TPSA) is 76.4 Å². The Morgan fingerprint density at radius 3 is 2.83 bits per heavy atom. The van der Waals surface area contributed by atoms with Crippen molar-refractivity contribution in [1.82, 2.24) is 10.5 Å². The third-order valence-electron chi connectivity index (χ3n) is 2.72. The molecule has 1 aromatic rings. The van der Waals surface area contributed by atoms with Gasteiger partial charge >= 0.3 is 0 Å². The van der Waals surface area contributed by atoms with E-state index in [1.807, 2.05) is 0 Å². The second-order valence-electron chi connectivity index (χ2n) is 5.06. The van der Waals surface area contributed by atoms with Gasteiger partial charge in [0.1, 0.15) is 12.0 Å². The molecule has 102 valence electrons. The van der Waals surface area contributed by atoms with Crippen LogP contribution < -0.4 is 11.1 Å². The van der Waals surface area contributed by atoms with Crippen LogP contribution in [0.25, 0.3) is 0 Å². The van der Waals surface area contributed by atoms with E-state index in [0.29, 0.717) is 18.5 Å². The molecule has 3 N–H and O–H groups in total. The molecule has 5 nitrogen and oxygen atoms in total. The van der Waals surface area contributed by atoms with Gasteiger partial charge in [0.25, 0.3) is 0 Å². The first-order valence-corrected chi connectivity index (χ1v) is 6.53. The summed E-state index contributed by atoms with van der Waals surface area (Å²) in [5.74, 6) is 1.23. The van der Waals surface area contributed by atoms with E-state index in [0.717, 1.165) is 18.0 Å². The SMILES string of the molecule is CC(C)CCCC(C)NC(N)=NCc1ccon1. The fourth-order valence-corrected chi connectivity index (χ4v) is 1.69. The highest BCUT2D eigenvalue weighted by Crippen LogP contribution is 2.08. The molecule has 0 saturated carbocycles. The maximum atomic E-state index is 5.80. The first-order chi connectivity index (χ1) is 8.58. The number of nitrogens with zero attached hydrogens (tertiary/aromatic N) is 2. The molecule has 0 amide bonds. The van der Waals surface area contributed by atoms with Crippen LogP contribution in [-0.4, -0.2) is 17.2 Å². The standard InChI is InChI=1S/C13H24N4O/c1-10(2)5-4-6-11(3)16-13(14)15-9-12-7-8-18-17-12/h7-8,10-11H,4-6,9H2,1-3H3,(H3,14,15,16). The minimum absolute atomic E-state index is 0.352. The van der Waals surface area contributed by atoms with E-state index in [1.54, 1.807) is 6.07 Å². The van der Waals surface area contributed by atoms with Crippen molar-refractivity contribution in [2.45, 2.75) is 52.6 Å². The van der Waals surface area contributed by atoms with Gasteiger partial charge in [-0.2, -0.15) is 0 Å². The summed E-state index contributed by atoms with van der Waals surface area (Å²) in [7, 11) is 0. The Labute approximate surface area is 109 Å². The van der Waals surface area contributed by atoms with Crippen LogP contribution in [0.2, 0.25) is 0 Å². The Balaban J connectivity index is 2.21. The molecule has 1 heterocycles. The van der Waals surface area contributed by atoms with Gasteiger partial charge in [-0.1, -0.05) is 31.8 Å². The molecule has 0 bridgehead atoms. The predicted molar refractivity (Wildman–Crippen MR) is 73.1 cm³/mol. The summed E-state index contributed by atoms with van der Waals surface area (Å²) in [5, 5.41) is 6.96. The molecule has 1 rings (SSSR count). The van der Waals surface area contributed by atoms with E-state index in [9.17, 15) is 0 Å². The van der Waals surface area contributed by atoms with E-state index >= 15 is 0 Å². The van der Waals surface area contributed by atoms with Gasteiger partial charge in [-0.25, -0.2) is 4.99 Å². The van der Waals surface area contributed by atoms with Crippen molar-refractivity contribution in [3.8, 4) is 0 Å². The molecular formula is C13H24N4O. The van der Waals surface area contributed by atoms with Crippen LogP contribution in [0.15, 0.2) is 21.8 Å². The van der Waals surface area contributed by atoms with E-state index in [1.165, 1.54) is 19.1 Å². The lowest BCUT2D eigenvalue weighted by Crippen LogP contribution is -2.38. The summed E-state index contributed by atoms with van der Waals surface area (Å²) in [6.07, 6.45) is 5.10. The third kappa shape index (κ3) is 6.27. The Kier molecular flexibility index (Phi) is 6.25. The van der Waals surface area contributed by atoms with E-state index in [4.69, 9.17) is 10.3 Å². The fraction of sp³-hybridized carbons (Fsp3) is 0.692.